The van der Waals surface area contributed by atoms with Crippen LogP contribution in [0.25, 0.3) is 0 Å². The fourth-order valence-corrected chi connectivity index (χ4v) is 2.40. The molecule has 1 aliphatic heterocycles. The minimum atomic E-state index is -0.429. The molecule has 0 bridgehead atoms. The smallest absolute Gasteiger partial charge is 0.254 e. The number of aromatic nitrogens is 1. The highest BCUT2D eigenvalue weighted by molar-refractivity contribution is 5.94. The van der Waals surface area contributed by atoms with Gasteiger partial charge in [-0.1, -0.05) is 18.5 Å². The zero-order valence-corrected chi connectivity index (χ0v) is 10.8. The maximum Gasteiger partial charge on any atom is 0.254 e. The molecule has 2 N–H and O–H groups in total. The van der Waals surface area contributed by atoms with E-state index in [1.54, 1.807) is 0 Å². The van der Waals surface area contributed by atoms with E-state index in [1.165, 1.54) is 0 Å². The van der Waals surface area contributed by atoms with Crippen molar-refractivity contribution in [2.45, 2.75) is 39.0 Å². The molecular weight excluding hydrogens is 232 g/mol. The Bertz CT molecular complexity index is 408. The first-order valence-electron chi connectivity index (χ1n) is 6.57. The summed E-state index contributed by atoms with van der Waals surface area (Å²) in [5.41, 5.74) is 6.64. The lowest BCUT2D eigenvalue weighted by atomic mass is 9.93. The van der Waals surface area contributed by atoms with Gasteiger partial charge in [0.1, 0.15) is 11.3 Å². The molecule has 0 radical (unpaired) electrons. The summed E-state index contributed by atoms with van der Waals surface area (Å²) in [4.78, 5) is 11.5. The third kappa shape index (κ3) is 2.90. The van der Waals surface area contributed by atoms with Crippen molar-refractivity contribution in [3.05, 3.63) is 17.0 Å². The topological polar surface area (TPSA) is 78.3 Å². The Hall–Kier alpha value is -1.36. The lowest BCUT2D eigenvalue weighted by Gasteiger charge is -2.20. The second-order valence-corrected chi connectivity index (χ2v) is 4.80. The molecule has 5 heteroatoms. The van der Waals surface area contributed by atoms with Crippen LogP contribution in [0, 0.1) is 5.92 Å². The second kappa shape index (κ2) is 6.00. The highest BCUT2D eigenvalue weighted by Crippen LogP contribution is 2.24. The third-order valence-corrected chi connectivity index (χ3v) is 3.38. The Morgan fingerprint density at radius 2 is 2.17 bits per heavy atom. The van der Waals surface area contributed by atoms with Crippen LogP contribution >= 0.6 is 0 Å². The summed E-state index contributed by atoms with van der Waals surface area (Å²) >= 11 is 0. The number of hydrogen-bond acceptors (Lipinski definition) is 4. The maximum absolute atomic E-state index is 11.5. The Morgan fingerprint density at radius 1 is 1.44 bits per heavy atom. The van der Waals surface area contributed by atoms with E-state index in [2.05, 4.69) is 5.16 Å². The van der Waals surface area contributed by atoms with Gasteiger partial charge < -0.3 is 15.0 Å². The molecule has 0 aromatic carbocycles. The van der Waals surface area contributed by atoms with Gasteiger partial charge >= 0.3 is 0 Å². The fraction of sp³-hybridized carbons (Fsp3) is 0.692. The largest absolute Gasteiger partial charge is 0.381 e. The van der Waals surface area contributed by atoms with Crippen LogP contribution in [0.15, 0.2) is 4.52 Å². The predicted molar refractivity (Wildman–Crippen MR) is 66.3 cm³/mol. The van der Waals surface area contributed by atoms with Gasteiger partial charge in [0.15, 0.2) is 0 Å². The molecule has 1 amide bonds. The molecule has 2 rings (SSSR count). The van der Waals surface area contributed by atoms with E-state index in [1.807, 2.05) is 6.92 Å². The molecule has 5 nitrogen and oxygen atoms in total. The molecule has 0 saturated carbocycles. The summed E-state index contributed by atoms with van der Waals surface area (Å²) in [6.07, 6.45) is 4.39. The summed E-state index contributed by atoms with van der Waals surface area (Å²) in [6, 6.07) is 0. The molecule has 0 unspecified atom stereocenters. The second-order valence-electron chi connectivity index (χ2n) is 4.80. The van der Waals surface area contributed by atoms with Gasteiger partial charge in [-0.05, 0) is 25.2 Å². The fourth-order valence-electron chi connectivity index (χ4n) is 2.40. The van der Waals surface area contributed by atoms with Crippen molar-refractivity contribution in [1.82, 2.24) is 5.16 Å². The number of carbonyl (C=O) groups excluding carboxylic acids is 1. The molecule has 0 atom stereocenters. The van der Waals surface area contributed by atoms with Gasteiger partial charge in [0.25, 0.3) is 5.91 Å². The van der Waals surface area contributed by atoms with E-state index in [0.717, 1.165) is 45.3 Å². The van der Waals surface area contributed by atoms with Crippen molar-refractivity contribution in [3.63, 3.8) is 0 Å². The van der Waals surface area contributed by atoms with Gasteiger partial charge in [-0.2, -0.15) is 0 Å². The zero-order chi connectivity index (χ0) is 13.0. The number of nitrogens with two attached hydrogens (primary N) is 1. The SMILES string of the molecule is CCCc1noc(CC2CCOCC2)c1C(N)=O. The van der Waals surface area contributed by atoms with Gasteiger partial charge in [-0.15, -0.1) is 0 Å². The van der Waals surface area contributed by atoms with Crippen LogP contribution in [0.5, 0.6) is 0 Å². The number of primary amides is 1. The van der Waals surface area contributed by atoms with Crippen LogP contribution in [0.1, 0.15) is 48.0 Å². The summed E-state index contributed by atoms with van der Waals surface area (Å²) < 4.78 is 10.6. The van der Waals surface area contributed by atoms with Crippen LogP contribution in [-0.4, -0.2) is 24.3 Å². The van der Waals surface area contributed by atoms with Crippen molar-refractivity contribution in [1.29, 1.82) is 0 Å². The number of nitrogens with zero attached hydrogens (tertiary/aromatic N) is 1. The zero-order valence-electron chi connectivity index (χ0n) is 10.8. The van der Waals surface area contributed by atoms with E-state index in [4.69, 9.17) is 15.0 Å². The Balaban J connectivity index is 2.13. The van der Waals surface area contributed by atoms with E-state index in [0.29, 0.717) is 22.9 Å². The normalized spacial score (nSPS) is 16.9. The standard InChI is InChI=1S/C13H20N2O3/c1-2-3-10-12(13(14)16)11(18-15-10)8-9-4-6-17-7-5-9/h9H,2-8H2,1H3,(H2,14,16). The number of rotatable bonds is 5. The first-order valence-corrected chi connectivity index (χ1v) is 6.57. The summed E-state index contributed by atoms with van der Waals surface area (Å²) in [5.74, 6) is 0.721. The molecule has 18 heavy (non-hydrogen) atoms. The van der Waals surface area contributed by atoms with Crippen LogP contribution in [-0.2, 0) is 17.6 Å². The Labute approximate surface area is 107 Å². The molecule has 100 valence electrons. The van der Waals surface area contributed by atoms with E-state index in [9.17, 15) is 4.79 Å². The van der Waals surface area contributed by atoms with Gasteiger partial charge in [-0.25, -0.2) is 0 Å². The van der Waals surface area contributed by atoms with Crippen LogP contribution in [0.2, 0.25) is 0 Å². The first-order chi connectivity index (χ1) is 8.72. The lowest BCUT2D eigenvalue weighted by molar-refractivity contribution is 0.0644. The van der Waals surface area contributed by atoms with Gasteiger partial charge in [0.05, 0.1) is 5.69 Å². The Kier molecular flexibility index (Phi) is 4.36. The van der Waals surface area contributed by atoms with Crippen LogP contribution in [0.3, 0.4) is 0 Å². The molecular formula is C13H20N2O3. The summed E-state index contributed by atoms with van der Waals surface area (Å²) in [7, 11) is 0. The number of aryl methyl sites for hydroxylation is 1. The van der Waals surface area contributed by atoms with Crippen molar-refractivity contribution < 1.29 is 14.1 Å². The number of ether oxygens (including phenoxy) is 1. The van der Waals surface area contributed by atoms with Crippen molar-refractivity contribution in [2.75, 3.05) is 13.2 Å². The molecule has 1 aromatic heterocycles. The van der Waals surface area contributed by atoms with E-state index < -0.39 is 5.91 Å². The Morgan fingerprint density at radius 3 is 2.78 bits per heavy atom. The van der Waals surface area contributed by atoms with E-state index in [-0.39, 0.29) is 0 Å². The van der Waals surface area contributed by atoms with E-state index >= 15 is 0 Å². The average molecular weight is 252 g/mol. The molecule has 0 spiro atoms. The maximum atomic E-state index is 11.5. The molecule has 0 aliphatic carbocycles. The van der Waals surface area contributed by atoms with Gasteiger partial charge in [0.2, 0.25) is 0 Å². The van der Waals surface area contributed by atoms with Crippen molar-refractivity contribution in [3.8, 4) is 0 Å². The van der Waals surface area contributed by atoms with Gasteiger partial charge in [0, 0.05) is 19.6 Å². The molecule has 1 saturated heterocycles. The minimum Gasteiger partial charge on any atom is -0.381 e. The van der Waals surface area contributed by atoms with Gasteiger partial charge in [-0.3, -0.25) is 4.79 Å². The summed E-state index contributed by atoms with van der Waals surface area (Å²) in [5, 5.41) is 3.99. The number of hydrogen-bond donors (Lipinski definition) is 1. The lowest BCUT2D eigenvalue weighted by Crippen LogP contribution is -2.20. The average Bonchev–Trinajstić information content (AvgIpc) is 2.74. The molecule has 1 aliphatic rings. The van der Waals surface area contributed by atoms with Crippen molar-refractivity contribution in [2.24, 2.45) is 11.7 Å². The monoisotopic (exact) mass is 252 g/mol. The number of carbonyl (C=O) groups is 1. The highest BCUT2D eigenvalue weighted by atomic mass is 16.5. The summed E-state index contributed by atoms with van der Waals surface area (Å²) in [6.45, 7) is 3.61. The van der Waals surface area contributed by atoms with Crippen LogP contribution < -0.4 is 5.73 Å². The quantitative estimate of drug-likeness (QED) is 0.865. The first kappa shape index (κ1) is 13.1. The molecule has 1 fully saturated rings. The number of amides is 1. The minimum absolute atomic E-state index is 0.429. The third-order valence-electron chi connectivity index (χ3n) is 3.38. The molecule has 2 heterocycles. The molecule has 1 aromatic rings. The van der Waals surface area contributed by atoms with Crippen LogP contribution in [0.4, 0.5) is 0 Å². The van der Waals surface area contributed by atoms with Crippen molar-refractivity contribution >= 4 is 5.91 Å². The highest BCUT2D eigenvalue weighted by Gasteiger charge is 2.24. The predicted octanol–water partition coefficient (Wildman–Crippen LogP) is 1.70.